The number of carbonyl (C=O) groups excluding carboxylic acids is 3. The van der Waals surface area contributed by atoms with E-state index in [0.29, 0.717) is 46.3 Å². The largest absolute Gasteiger partial charge is 0.350 e. The SMILES string of the molecule is Cn1cc(C2=C(c3c4n(c5cccc(C(=O)CN)c35)CCNC4)C(=O)NC2=O)c2ccccc21. The summed E-state index contributed by atoms with van der Waals surface area (Å²) in [4.78, 5) is 39.4. The number of carbonyl (C=O) groups is 3. The van der Waals surface area contributed by atoms with Gasteiger partial charge in [-0.1, -0.05) is 30.3 Å². The Morgan fingerprint density at radius 2 is 1.79 bits per heavy atom. The highest BCUT2D eigenvalue weighted by molar-refractivity contribution is 6.51. The highest BCUT2D eigenvalue weighted by atomic mass is 16.2. The van der Waals surface area contributed by atoms with Gasteiger partial charge >= 0.3 is 0 Å². The average molecular weight is 454 g/mol. The maximum atomic E-state index is 13.4. The summed E-state index contributed by atoms with van der Waals surface area (Å²) in [6, 6.07) is 13.3. The molecule has 2 aliphatic heterocycles. The van der Waals surface area contributed by atoms with Crippen LogP contribution in [0.15, 0.2) is 48.7 Å². The minimum Gasteiger partial charge on any atom is -0.350 e. The minimum absolute atomic E-state index is 0.141. The number of imide groups is 1. The van der Waals surface area contributed by atoms with E-state index < -0.39 is 11.8 Å². The number of nitrogens with two attached hydrogens (primary N) is 1. The van der Waals surface area contributed by atoms with Crippen molar-refractivity contribution >= 4 is 50.5 Å². The first-order valence-electron chi connectivity index (χ1n) is 11.2. The molecular formula is C26H23N5O3. The Bertz CT molecular complexity index is 1590. The Kier molecular flexibility index (Phi) is 4.55. The molecule has 0 saturated carbocycles. The molecular weight excluding hydrogens is 430 g/mol. The molecule has 0 aliphatic carbocycles. The van der Waals surface area contributed by atoms with Gasteiger partial charge in [0.05, 0.1) is 17.7 Å². The molecule has 0 fully saturated rings. The van der Waals surface area contributed by atoms with Gasteiger partial charge in [-0.15, -0.1) is 0 Å². The number of amides is 2. The van der Waals surface area contributed by atoms with Gasteiger partial charge in [0.2, 0.25) is 0 Å². The van der Waals surface area contributed by atoms with Crippen LogP contribution in [0.2, 0.25) is 0 Å². The van der Waals surface area contributed by atoms with E-state index >= 15 is 0 Å². The first kappa shape index (κ1) is 20.6. The summed E-state index contributed by atoms with van der Waals surface area (Å²) in [5.74, 6) is -1.10. The number of Topliss-reactive ketones (excluding diaryl/α,β-unsaturated/α-hetero) is 1. The van der Waals surface area contributed by atoms with Crippen LogP contribution in [-0.4, -0.2) is 39.8 Å². The van der Waals surface area contributed by atoms with Crippen molar-refractivity contribution in [3.63, 3.8) is 0 Å². The van der Waals surface area contributed by atoms with Gasteiger partial charge in [-0.05, 0) is 12.1 Å². The highest BCUT2D eigenvalue weighted by Gasteiger charge is 2.38. The van der Waals surface area contributed by atoms with Crippen LogP contribution in [-0.2, 0) is 29.7 Å². The number of aryl methyl sites for hydroxylation is 1. The summed E-state index contributed by atoms with van der Waals surface area (Å²) < 4.78 is 4.09. The number of benzene rings is 2. The number of nitrogens with one attached hydrogen (secondary N) is 2. The summed E-state index contributed by atoms with van der Waals surface area (Å²) in [5, 5.41) is 7.44. The van der Waals surface area contributed by atoms with Gasteiger partial charge in [-0.2, -0.15) is 0 Å². The lowest BCUT2D eigenvalue weighted by molar-refractivity contribution is -0.122. The average Bonchev–Trinajstić information content (AvgIpc) is 3.46. The highest BCUT2D eigenvalue weighted by Crippen LogP contribution is 2.42. The van der Waals surface area contributed by atoms with Gasteiger partial charge in [-0.3, -0.25) is 19.7 Å². The lowest BCUT2D eigenvalue weighted by atomic mass is 9.91. The number of rotatable bonds is 4. The Morgan fingerprint density at radius 1 is 1.03 bits per heavy atom. The maximum Gasteiger partial charge on any atom is 0.259 e. The standard InChI is InChI=1S/C26H23N5O3/c1-30-13-16(14-5-2-3-7-17(14)30)22-24(26(34)29-25(22)33)23-19-12-28-9-10-31(19)18-8-4-6-15(21(18)23)20(32)11-27/h2-8,13,28H,9-12,27H2,1H3,(H,29,33,34). The molecule has 0 unspecified atom stereocenters. The van der Waals surface area contributed by atoms with Crippen molar-refractivity contribution in [2.75, 3.05) is 13.1 Å². The van der Waals surface area contributed by atoms with Gasteiger partial charge in [0.1, 0.15) is 0 Å². The van der Waals surface area contributed by atoms with Crippen molar-refractivity contribution in [3.05, 3.63) is 71.0 Å². The molecule has 34 heavy (non-hydrogen) atoms. The molecule has 2 aromatic carbocycles. The van der Waals surface area contributed by atoms with Crippen LogP contribution in [0.3, 0.4) is 0 Å². The van der Waals surface area contributed by atoms with Crippen molar-refractivity contribution < 1.29 is 14.4 Å². The Labute approximate surface area is 195 Å². The number of hydrogen-bond acceptors (Lipinski definition) is 5. The molecule has 4 aromatic rings. The van der Waals surface area contributed by atoms with Crippen molar-refractivity contribution in [1.82, 2.24) is 19.8 Å². The third kappa shape index (κ3) is 2.76. The third-order valence-electron chi connectivity index (χ3n) is 6.84. The normalized spacial score (nSPS) is 15.9. The number of ketones is 1. The van der Waals surface area contributed by atoms with E-state index in [1.807, 2.05) is 54.2 Å². The second kappa shape index (κ2) is 7.51. The quantitative estimate of drug-likeness (QED) is 0.323. The first-order chi connectivity index (χ1) is 16.5. The fourth-order valence-electron chi connectivity index (χ4n) is 5.39. The van der Waals surface area contributed by atoms with E-state index in [1.165, 1.54) is 0 Å². The Morgan fingerprint density at radius 3 is 2.62 bits per heavy atom. The summed E-state index contributed by atoms with van der Waals surface area (Å²) in [5.41, 5.74) is 10.9. The first-order valence-corrected chi connectivity index (χ1v) is 11.2. The minimum atomic E-state index is -0.455. The van der Waals surface area contributed by atoms with Crippen molar-refractivity contribution in [1.29, 1.82) is 0 Å². The maximum absolute atomic E-state index is 13.4. The summed E-state index contributed by atoms with van der Waals surface area (Å²) in [6.07, 6.45) is 1.88. The number of aromatic nitrogens is 2. The molecule has 170 valence electrons. The second-order valence-electron chi connectivity index (χ2n) is 8.68. The van der Waals surface area contributed by atoms with Crippen LogP contribution in [0.5, 0.6) is 0 Å². The van der Waals surface area contributed by atoms with Gasteiger partial charge in [0, 0.05) is 77.1 Å². The zero-order valence-electron chi connectivity index (χ0n) is 18.6. The molecule has 8 nitrogen and oxygen atoms in total. The van der Waals surface area contributed by atoms with E-state index in [1.54, 1.807) is 6.07 Å². The molecule has 8 heteroatoms. The topological polar surface area (TPSA) is 111 Å². The van der Waals surface area contributed by atoms with Crippen LogP contribution in [0.25, 0.3) is 33.0 Å². The summed E-state index contributed by atoms with van der Waals surface area (Å²) in [7, 11) is 1.91. The summed E-state index contributed by atoms with van der Waals surface area (Å²) >= 11 is 0. The van der Waals surface area contributed by atoms with Gasteiger partial charge in [0.25, 0.3) is 11.8 Å². The van der Waals surface area contributed by atoms with Gasteiger partial charge in [0.15, 0.2) is 5.78 Å². The van der Waals surface area contributed by atoms with Crippen LogP contribution < -0.4 is 16.4 Å². The molecule has 4 heterocycles. The number of para-hydroxylation sites is 1. The molecule has 2 aliphatic rings. The Hall–Kier alpha value is -4.01. The van der Waals surface area contributed by atoms with Crippen LogP contribution in [0.4, 0.5) is 0 Å². The molecule has 2 amide bonds. The molecule has 4 N–H and O–H groups in total. The summed E-state index contributed by atoms with van der Waals surface area (Å²) in [6.45, 7) is 1.84. The van der Waals surface area contributed by atoms with Gasteiger partial charge < -0.3 is 20.2 Å². The van der Waals surface area contributed by atoms with E-state index in [9.17, 15) is 14.4 Å². The zero-order chi connectivity index (χ0) is 23.6. The van der Waals surface area contributed by atoms with E-state index in [4.69, 9.17) is 5.73 Å². The third-order valence-corrected chi connectivity index (χ3v) is 6.84. The molecule has 0 bridgehead atoms. The van der Waals surface area contributed by atoms with Crippen molar-refractivity contribution in [3.8, 4) is 0 Å². The number of fused-ring (bicyclic) bond motifs is 4. The van der Waals surface area contributed by atoms with Gasteiger partial charge in [-0.25, -0.2) is 0 Å². The smallest absolute Gasteiger partial charge is 0.259 e. The van der Waals surface area contributed by atoms with Crippen LogP contribution in [0.1, 0.15) is 27.2 Å². The predicted octanol–water partition coefficient (Wildman–Crippen LogP) is 1.94. The van der Waals surface area contributed by atoms with Crippen molar-refractivity contribution in [2.45, 2.75) is 13.1 Å². The second-order valence-corrected chi connectivity index (χ2v) is 8.68. The fraction of sp³-hybridized carbons (Fsp3) is 0.192. The molecule has 0 radical (unpaired) electrons. The van der Waals surface area contributed by atoms with E-state index in [-0.39, 0.29) is 12.3 Å². The predicted molar refractivity (Wildman–Crippen MR) is 130 cm³/mol. The number of nitrogens with zero attached hydrogens (tertiary/aromatic N) is 2. The monoisotopic (exact) mass is 453 g/mol. The molecule has 0 spiro atoms. The van der Waals surface area contributed by atoms with Crippen molar-refractivity contribution in [2.24, 2.45) is 12.8 Å². The zero-order valence-corrected chi connectivity index (χ0v) is 18.6. The molecule has 2 aromatic heterocycles. The molecule has 0 saturated heterocycles. The molecule has 0 atom stereocenters. The fourth-order valence-corrected chi connectivity index (χ4v) is 5.39. The lowest BCUT2D eigenvalue weighted by Gasteiger charge is -2.19. The molecule has 6 rings (SSSR count). The number of hydrogen-bond donors (Lipinski definition) is 3. The Balaban J connectivity index is 1.77. The van der Waals surface area contributed by atoms with Crippen LogP contribution in [0, 0.1) is 0 Å². The van der Waals surface area contributed by atoms with E-state index in [0.717, 1.165) is 28.7 Å². The van der Waals surface area contributed by atoms with Crippen LogP contribution >= 0.6 is 0 Å². The van der Waals surface area contributed by atoms with E-state index in [2.05, 4.69) is 15.2 Å². The lowest BCUT2D eigenvalue weighted by Crippen LogP contribution is -2.28.